The molecule has 170 valence electrons. The lowest BCUT2D eigenvalue weighted by Gasteiger charge is -2.44. The molecular weight excluding hydrogens is 392 g/mol. The van der Waals surface area contributed by atoms with Gasteiger partial charge in [-0.3, -0.25) is 0 Å². The molecule has 4 nitrogen and oxygen atoms in total. The van der Waals surface area contributed by atoms with Crippen molar-refractivity contribution in [1.29, 1.82) is 0 Å². The fraction of sp³-hybridized carbons (Fsp3) is 0.760. The molecule has 0 spiro atoms. The Labute approximate surface area is 184 Å². The highest BCUT2D eigenvalue weighted by atomic mass is 28.4. The van der Waals surface area contributed by atoms with Gasteiger partial charge in [0.2, 0.25) is 0 Å². The second-order valence-electron chi connectivity index (χ2n) is 10.2. The topological polar surface area (TPSA) is 36.9 Å². The number of rotatable bonds is 10. The van der Waals surface area contributed by atoms with E-state index in [1.165, 1.54) is 5.56 Å². The van der Waals surface area contributed by atoms with Crippen molar-refractivity contribution in [2.45, 2.75) is 103 Å². The van der Waals surface area contributed by atoms with E-state index in [1.807, 2.05) is 18.2 Å². The van der Waals surface area contributed by atoms with Gasteiger partial charge in [0.25, 0.3) is 0 Å². The summed E-state index contributed by atoms with van der Waals surface area (Å²) < 4.78 is 25.7. The van der Waals surface area contributed by atoms with Gasteiger partial charge >= 0.3 is 0 Å². The summed E-state index contributed by atoms with van der Waals surface area (Å²) in [4.78, 5) is 0. The minimum absolute atomic E-state index is 0.0217. The molecule has 5 atom stereocenters. The normalized spacial score (nSPS) is 29.3. The van der Waals surface area contributed by atoms with Crippen LogP contribution in [-0.4, -0.2) is 45.9 Å². The minimum Gasteiger partial charge on any atom is -0.413 e. The van der Waals surface area contributed by atoms with Gasteiger partial charge in [-0.05, 0) is 22.2 Å². The molecule has 0 aromatic heterocycles. The Bertz CT molecular complexity index is 626. The van der Waals surface area contributed by atoms with Crippen LogP contribution in [0, 0.1) is 5.92 Å². The largest absolute Gasteiger partial charge is 0.413 e. The molecule has 1 aromatic carbocycles. The molecule has 2 heterocycles. The summed E-state index contributed by atoms with van der Waals surface area (Å²) in [6, 6.07) is 10.3. The van der Waals surface area contributed by atoms with Gasteiger partial charge in [-0.2, -0.15) is 0 Å². The average Bonchev–Trinajstić information content (AvgIpc) is 3.04. The number of benzene rings is 1. The predicted molar refractivity (Wildman–Crippen MR) is 124 cm³/mol. The molecule has 0 aliphatic carbocycles. The summed E-state index contributed by atoms with van der Waals surface area (Å²) in [6.45, 7) is 18.2. The Morgan fingerprint density at radius 1 is 0.867 bits per heavy atom. The molecule has 2 bridgehead atoms. The van der Waals surface area contributed by atoms with E-state index < -0.39 is 8.32 Å². The molecule has 0 radical (unpaired) electrons. The van der Waals surface area contributed by atoms with E-state index in [0.29, 0.717) is 42.4 Å². The maximum atomic E-state index is 6.85. The Balaban J connectivity index is 1.56. The number of ether oxygens (including phenoxy) is 3. The van der Waals surface area contributed by atoms with Crippen LogP contribution in [0.5, 0.6) is 0 Å². The fourth-order valence-corrected chi connectivity index (χ4v) is 11.2. The molecule has 1 aromatic rings. The zero-order chi connectivity index (χ0) is 21.9. The van der Waals surface area contributed by atoms with Gasteiger partial charge in [-0.1, -0.05) is 78.8 Å². The lowest BCUT2D eigenvalue weighted by atomic mass is 9.92. The van der Waals surface area contributed by atoms with E-state index in [-0.39, 0.29) is 24.4 Å². The summed E-state index contributed by atoms with van der Waals surface area (Å²) in [7, 11) is -1.89. The highest BCUT2D eigenvalue weighted by Crippen LogP contribution is 2.44. The number of fused-ring (bicyclic) bond motifs is 2. The molecule has 0 amide bonds. The van der Waals surface area contributed by atoms with Crippen molar-refractivity contribution >= 4 is 8.32 Å². The lowest BCUT2D eigenvalue weighted by molar-refractivity contribution is -0.0923. The molecule has 5 heteroatoms. The summed E-state index contributed by atoms with van der Waals surface area (Å²) in [5, 5.41) is 0. The Morgan fingerprint density at radius 2 is 1.47 bits per heavy atom. The molecule has 2 saturated heterocycles. The van der Waals surface area contributed by atoms with E-state index in [2.05, 4.69) is 60.6 Å². The smallest absolute Gasteiger partial charge is 0.200 e. The van der Waals surface area contributed by atoms with Gasteiger partial charge in [0.1, 0.15) is 6.10 Å². The highest BCUT2D eigenvalue weighted by Gasteiger charge is 2.50. The standard InChI is InChI=1S/C25H42O4Si/c1-17(2)30(18(3)4,19(5)6)27-16-24-20(7)22-13-23(29-24)25(28-22)15-26-14-21-11-9-8-10-12-21/h8-12,17-20,22-25H,13-16H2,1-7H3/t20-,22-,23-,24+,25-/m1/s1. The van der Waals surface area contributed by atoms with Gasteiger partial charge in [-0.15, -0.1) is 0 Å². The Morgan fingerprint density at radius 3 is 2.07 bits per heavy atom. The fourth-order valence-electron chi connectivity index (χ4n) is 5.75. The first-order chi connectivity index (χ1) is 14.3. The van der Waals surface area contributed by atoms with Crippen molar-refractivity contribution in [3.05, 3.63) is 35.9 Å². The zero-order valence-electron chi connectivity index (χ0n) is 20.0. The second-order valence-corrected chi connectivity index (χ2v) is 15.6. The maximum Gasteiger partial charge on any atom is 0.200 e. The first-order valence-electron chi connectivity index (χ1n) is 11.8. The van der Waals surface area contributed by atoms with Crippen molar-refractivity contribution in [2.24, 2.45) is 5.92 Å². The third kappa shape index (κ3) is 5.02. The SMILES string of the molecule is CC(C)[Si](OC[C@@H]1O[C@@H]2C[C@@H](O[C@@H]2COCc2ccccc2)[C@H]1C)(C(C)C)C(C)C. The third-order valence-electron chi connectivity index (χ3n) is 7.35. The summed E-state index contributed by atoms with van der Waals surface area (Å²) in [6.07, 6.45) is 1.46. The predicted octanol–water partition coefficient (Wildman–Crippen LogP) is 5.96. The monoisotopic (exact) mass is 434 g/mol. The van der Waals surface area contributed by atoms with Crippen LogP contribution in [-0.2, 0) is 25.2 Å². The molecule has 0 saturated carbocycles. The van der Waals surface area contributed by atoms with Crippen LogP contribution in [0.1, 0.15) is 60.5 Å². The quantitative estimate of drug-likeness (QED) is 0.426. The lowest BCUT2D eigenvalue weighted by Crippen LogP contribution is -2.51. The second kappa shape index (κ2) is 10.3. The molecule has 2 aliphatic heterocycles. The van der Waals surface area contributed by atoms with Crippen molar-refractivity contribution in [3.8, 4) is 0 Å². The molecule has 0 N–H and O–H groups in total. The summed E-state index contributed by atoms with van der Waals surface area (Å²) >= 11 is 0. The van der Waals surface area contributed by atoms with Gasteiger partial charge in [0.15, 0.2) is 8.32 Å². The van der Waals surface area contributed by atoms with Crippen LogP contribution >= 0.6 is 0 Å². The Hall–Kier alpha value is -0.723. The van der Waals surface area contributed by atoms with Crippen LogP contribution in [0.3, 0.4) is 0 Å². The third-order valence-corrected chi connectivity index (χ3v) is 13.4. The van der Waals surface area contributed by atoms with Crippen LogP contribution in [0.15, 0.2) is 30.3 Å². The van der Waals surface area contributed by atoms with Crippen molar-refractivity contribution in [2.75, 3.05) is 13.2 Å². The molecule has 0 unspecified atom stereocenters. The molecule has 3 rings (SSSR count). The van der Waals surface area contributed by atoms with Crippen LogP contribution in [0.2, 0.25) is 16.6 Å². The number of hydrogen-bond acceptors (Lipinski definition) is 4. The first kappa shape index (κ1) is 23.9. The van der Waals surface area contributed by atoms with Gasteiger partial charge in [-0.25, -0.2) is 0 Å². The number of hydrogen-bond donors (Lipinski definition) is 0. The Kier molecular flexibility index (Phi) is 8.19. The molecule has 2 aliphatic rings. The van der Waals surface area contributed by atoms with Gasteiger partial charge < -0.3 is 18.6 Å². The highest BCUT2D eigenvalue weighted by molar-refractivity contribution is 6.77. The minimum atomic E-state index is -1.89. The van der Waals surface area contributed by atoms with Gasteiger partial charge in [0, 0.05) is 12.3 Å². The van der Waals surface area contributed by atoms with Crippen molar-refractivity contribution < 1.29 is 18.6 Å². The zero-order valence-corrected chi connectivity index (χ0v) is 21.0. The van der Waals surface area contributed by atoms with E-state index in [9.17, 15) is 0 Å². The van der Waals surface area contributed by atoms with E-state index in [0.717, 1.165) is 6.42 Å². The summed E-state index contributed by atoms with van der Waals surface area (Å²) in [5.74, 6) is 0.346. The van der Waals surface area contributed by atoms with Crippen molar-refractivity contribution in [1.82, 2.24) is 0 Å². The molecular formula is C25H42O4Si. The maximum absolute atomic E-state index is 6.85. The van der Waals surface area contributed by atoms with E-state index in [4.69, 9.17) is 18.6 Å². The first-order valence-corrected chi connectivity index (χ1v) is 14.0. The van der Waals surface area contributed by atoms with Crippen LogP contribution < -0.4 is 0 Å². The average molecular weight is 435 g/mol. The van der Waals surface area contributed by atoms with Crippen LogP contribution in [0.25, 0.3) is 0 Å². The van der Waals surface area contributed by atoms with Crippen LogP contribution in [0.4, 0.5) is 0 Å². The van der Waals surface area contributed by atoms with Crippen molar-refractivity contribution in [3.63, 3.8) is 0 Å². The summed E-state index contributed by atoms with van der Waals surface area (Å²) in [5.41, 5.74) is 2.95. The molecule has 30 heavy (non-hydrogen) atoms. The van der Waals surface area contributed by atoms with Gasteiger partial charge in [0.05, 0.1) is 38.1 Å². The van der Waals surface area contributed by atoms with E-state index in [1.54, 1.807) is 0 Å². The van der Waals surface area contributed by atoms with E-state index >= 15 is 0 Å². The molecule has 2 fully saturated rings.